The standard InChI is InChI=1S/C16H22N2S/c1-12(13-6-5-9-17-10-13)18-11-14-7-8-15(19-14)16(2,3)4/h5-10,12,18H,11H2,1-4H3. The van der Waals surface area contributed by atoms with Crippen LogP contribution in [0.15, 0.2) is 36.7 Å². The monoisotopic (exact) mass is 274 g/mol. The molecule has 0 saturated heterocycles. The molecule has 0 spiro atoms. The van der Waals surface area contributed by atoms with Gasteiger partial charge in [-0.25, -0.2) is 0 Å². The number of nitrogens with zero attached hydrogens (tertiary/aromatic N) is 1. The van der Waals surface area contributed by atoms with Crippen LogP contribution in [0, 0.1) is 0 Å². The normalized spacial score (nSPS) is 13.5. The van der Waals surface area contributed by atoms with Gasteiger partial charge in [0.2, 0.25) is 0 Å². The topological polar surface area (TPSA) is 24.9 Å². The summed E-state index contributed by atoms with van der Waals surface area (Å²) >= 11 is 1.90. The summed E-state index contributed by atoms with van der Waals surface area (Å²) in [4.78, 5) is 6.99. The Bertz CT molecular complexity index is 511. The van der Waals surface area contributed by atoms with Gasteiger partial charge in [0.25, 0.3) is 0 Å². The van der Waals surface area contributed by atoms with Crippen molar-refractivity contribution in [1.82, 2.24) is 10.3 Å². The average Bonchev–Trinajstić information content (AvgIpc) is 2.86. The van der Waals surface area contributed by atoms with E-state index in [4.69, 9.17) is 0 Å². The molecule has 2 aromatic heterocycles. The molecule has 0 bridgehead atoms. The fourth-order valence-corrected chi connectivity index (χ4v) is 2.90. The zero-order valence-electron chi connectivity index (χ0n) is 12.1. The first-order valence-corrected chi connectivity index (χ1v) is 7.51. The fraction of sp³-hybridized carbons (Fsp3) is 0.438. The smallest absolute Gasteiger partial charge is 0.0315 e. The van der Waals surface area contributed by atoms with Crippen molar-refractivity contribution in [2.24, 2.45) is 0 Å². The number of hydrogen-bond donors (Lipinski definition) is 1. The minimum Gasteiger partial charge on any atom is -0.305 e. The van der Waals surface area contributed by atoms with Gasteiger partial charge in [-0.05, 0) is 36.1 Å². The van der Waals surface area contributed by atoms with Crippen LogP contribution in [0.4, 0.5) is 0 Å². The third-order valence-corrected chi connectivity index (χ3v) is 4.68. The van der Waals surface area contributed by atoms with E-state index in [2.05, 4.69) is 56.2 Å². The van der Waals surface area contributed by atoms with Gasteiger partial charge in [-0.3, -0.25) is 4.98 Å². The van der Waals surface area contributed by atoms with Crippen LogP contribution in [-0.2, 0) is 12.0 Å². The average molecular weight is 274 g/mol. The van der Waals surface area contributed by atoms with Crippen molar-refractivity contribution in [2.45, 2.75) is 45.7 Å². The minimum atomic E-state index is 0.248. The number of rotatable bonds is 4. The van der Waals surface area contributed by atoms with Gasteiger partial charge in [-0.15, -0.1) is 11.3 Å². The van der Waals surface area contributed by atoms with Crippen LogP contribution < -0.4 is 5.32 Å². The van der Waals surface area contributed by atoms with Gasteiger partial charge < -0.3 is 5.32 Å². The zero-order valence-corrected chi connectivity index (χ0v) is 12.9. The molecule has 2 heterocycles. The molecule has 0 aromatic carbocycles. The van der Waals surface area contributed by atoms with Crippen molar-refractivity contribution < 1.29 is 0 Å². The van der Waals surface area contributed by atoms with E-state index >= 15 is 0 Å². The van der Waals surface area contributed by atoms with Crippen LogP contribution >= 0.6 is 11.3 Å². The maximum absolute atomic E-state index is 4.16. The molecule has 0 aliphatic heterocycles. The molecule has 0 radical (unpaired) electrons. The summed E-state index contributed by atoms with van der Waals surface area (Å²) in [6.45, 7) is 9.86. The van der Waals surface area contributed by atoms with Crippen LogP contribution in [0.25, 0.3) is 0 Å². The number of thiophene rings is 1. The van der Waals surface area contributed by atoms with Crippen molar-refractivity contribution in [3.05, 3.63) is 52.0 Å². The highest BCUT2D eigenvalue weighted by Gasteiger charge is 2.16. The predicted octanol–water partition coefficient (Wildman–Crippen LogP) is 4.29. The van der Waals surface area contributed by atoms with Gasteiger partial charge in [0.1, 0.15) is 0 Å². The highest BCUT2D eigenvalue weighted by atomic mass is 32.1. The van der Waals surface area contributed by atoms with E-state index in [1.54, 1.807) is 0 Å². The van der Waals surface area contributed by atoms with Crippen molar-refractivity contribution >= 4 is 11.3 Å². The van der Waals surface area contributed by atoms with Crippen LogP contribution in [0.1, 0.15) is 49.1 Å². The van der Waals surface area contributed by atoms with E-state index in [1.807, 2.05) is 29.8 Å². The lowest BCUT2D eigenvalue weighted by Crippen LogP contribution is -2.17. The van der Waals surface area contributed by atoms with Crippen LogP contribution in [0.5, 0.6) is 0 Å². The molecule has 3 heteroatoms. The lowest BCUT2D eigenvalue weighted by molar-refractivity contribution is 0.577. The molecule has 102 valence electrons. The van der Waals surface area contributed by atoms with Gasteiger partial charge in [0.05, 0.1) is 0 Å². The lowest BCUT2D eigenvalue weighted by Gasteiger charge is -2.15. The summed E-state index contributed by atoms with van der Waals surface area (Å²) < 4.78 is 0. The highest BCUT2D eigenvalue weighted by Crippen LogP contribution is 2.29. The fourth-order valence-electron chi connectivity index (χ4n) is 1.88. The van der Waals surface area contributed by atoms with Gasteiger partial charge >= 0.3 is 0 Å². The Kier molecular flexibility index (Phi) is 4.38. The number of nitrogens with one attached hydrogen (secondary N) is 1. The molecule has 0 aliphatic rings. The Hall–Kier alpha value is -1.19. The Morgan fingerprint density at radius 1 is 1.26 bits per heavy atom. The molecule has 0 fully saturated rings. The highest BCUT2D eigenvalue weighted by molar-refractivity contribution is 7.12. The first-order chi connectivity index (χ1) is 8.97. The maximum Gasteiger partial charge on any atom is 0.0315 e. The Labute approximate surface area is 119 Å². The Morgan fingerprint density at radius 2 is 2.05 bits per heavy atom. The Morgan fingerprint density at radius 3 is 2.63 bits per heavy atom. The summed E-state index contributed by atoms with van der Waals surface area (Å²) in [6.07, 6.45) is 3.73. The number of hydrogen-bond acceptors (Lipinski definition) is 3. The molecular formula is C16H22N2S. The maximum atomic E-state index is 4.16. The summed E-state index contributed by atoms with van der Waals surface area (Å²) in [7, 11) is 0. The molecule has 1 atom stereocenters. The lowest BCUT2D eigenvalue weighted by atomic mass is 9.95. The summed E-state index contributed by atoms with van der Waals surface area (Å²) in [6, 6.07) is 8.90. The molecule has 0 saturated carbocycles. The molecular weight excluding hydrogens is 252 g/mol. The molecule has 0 amide bonds. The van der Waals surface area contributed by atoms with Crippen molar-refractivity contribution in [3.63, 3.8) is 0 Å². The third kappa shape index (κ3) is 3.88. The summed E-state index contributed by atoms with van der Waals surface area (Å²) in [5.74, 6) is 0. The molecule has 2 nitrogen and oxygen atoms in total. The summed E-state index contributed by atoms with van der Waals surface area (Å²) in [5.41, 5.74) is 1.48. The second kappa shape index (κ2) is 5.85. The molecule has 1 N–H and O–H groups in total. The third-order valence-electron chi connectivity index (χ3n) is 3.17. The first-order valence-electron chi connectivity index (χ1n) is 6.69. The quantitative estimate of drug-likeness (QED) is 0.899. The molecule has 2 aromatic rings. The minimum absolute atomic E-state index is 0.248. The van der Waals surface area contributed by atoms with E-state index in [0.717, 1.165) is 6.54 Å². The first kappa shape index (κ1) is 14.2. The van der Waals surface area contributed by atoms with Crippen LogP contribution in [0.2, 0.25) is 0 Å². The van der Waals surface area contributed by atoms with Crippen LogP contribution in [0.3, 0.4) is 0 Å². The SMILES string of the molecule is CC(NCc1ccc(C(C)(C)C)s1)c1cccnc1. The number of pyridine rings is 1. The van der Waals surface area contributed by atoms with Gasteiger partial charge in [0.15, 0.2) is 0 Å². The van der Waals surface area contributed by atoms with E-state index < -0.39 is 0 Å². The van der Waals surface area contributed by atoms with E-state index in [9.17, 15) is 0 Å². The second-order valence-corrected chi connectivity index (χ2v) is 7.07. The molecule has 1 unspecified atom stereocenters. The predicted molar refractivity (Wildman–Crippen MR) is 82.5 cm³/mol. The molecule has 2 rings (SSSR count). The van der Waals surface area contributed by atoms with E-state index in [-0.39, 0.29) is 5.41 Å². The van der Waals surface area contributed by atoms with E-state index in [0.29, 0.717) is 6.04 Å². The largest absolute Gasteiger partial charge is 0.305 e. The van der Waals surface area contributed by atoms with E-state index in [1.165, 1.54) is 15.3 Å². The molecule has 0 aliphatic carbocycles. The second-order valence-electron chi connectivity index (χ2n) is 5.90. The van der Waals surface area contributed by atoms with Crippen molar-refractivity contribution in [2.75, 3.05) is 0 Å². The number of aromatic nitrogens is 1. The zero-order chi connectivity index (χ0) is 13.9. The molecule has 19 heavy (non-hydrogen) atoms. The van der Waals surface area contributed by atoms with Crippen molar-refractivity contribution in [1.29, 1.82) is 0 Å². The van der Waals surface area contributed by atoms with Gasteiger partial charge in [-0.1, -0.05) is 26.8 Å². The summed E-state index contributed by atoms with van der Waals surface area (Å²) in [5, 5.41) is 3.55. The van der Waals surface area contributed by atoms with Crippen molar-refractivity contribution in [3.8, 4) is 0 Å². The van der Waals surface area contributed by atoms with Gasteiger partial charge in [0, 0.05) is 34.7 Å². The Balaban J connectivity index is 1.94. The van der Waals surface area contributed by atoms with Gasteiger partial charge in [-0.2, -0.15) is 0 Å². The van der Waals surface area contributed by atoms with Crippen LogP contribution in [-0.4, -0.2) is 4.98 Å².